The maximum atomic E-state index is 5.45. The first kappa shape index (κ1) is 34.8. The summed E-state index contributed by atoms with van der Waals surface area (Å²) in [6.45, 7) is 0. The van der Waals surface area contributed by atoms with Crippen molar-refractivity contribution in [3.8, 4) is 61.8 Å². The van der Waals surface area contributed by atoms with Gasteiger partial charge in [-0.05, 0) is 87.0 Å². The molecule has 0 fully saturated rings. The Kier molecular flexibility index (Phi) is 7.20. The van der Waals surface area contributed by atoms with Crippen LogP contribution in [0.3, 0.4) is 0 Å². The third kappa shape index (κ3) is 4.79. The minimum Gasteiger partial charge on any atom is -0.309 e. The molecule has 4 heteroatoms. The molecule has 63 heavy (non-hydrogen) atoms. The molecular formula is C59H35N3S. The van der Waals surface area contributed by atoms with Crippen molar-refractivity contribution in [1.29, 1.82) is 0 Å². The number of aromatic nitrogens is 3. The molecule has 292 valence electrons. The monoisotopic (exact) mass is 817 g/mol. The maximum absolute atomic E-state index is 5.45. The molecular weight excluding hydrogens is 783 g/mol. The number of fused-ring (bicyclic) bond motifs is 15. The van der Waals surface area contributed by atoms with Gasteiger partial charge in [-0.25, -0.2) is 9.97 Å². The summed E-state index contributed by atoms with van der Waals surface area (Å²) < 4.78 is 5.14. The molecule has 0 amide bonds. The Hall–Kier alpha value is -7.92. The highest BCUT2D eigenvalue weighted by molar-refractivity contribution is 7.25. The SMILES string of the molecule is c1ccc(-c2cc(-c3cccc4c3-c3cc(-c5ccc6sc7ccccc7c6c5)ccc3C43c4ccccc4-n4c5ccccc5c5cccc3c54)nc(-c3ccccc3)n2)cc1. The maximum Gasteiger partial charge on any atom is 0.160 e. The van der Waals surface area contributed by atoms with Crippen molar-refractivity contribution in [2.24, 2.45) is 0 Å². The molecule has 1 unspecified atom stereocenters. The molecule has 1 aliphatic carbocycles. The highest BCUT2D eigenvalue weighted by Crippen LogP contribution is 2.63. The van der Waals surface area contributed by atoms with Crippen LogP contribution in [-0.2, 0) is 5.41 Å². The van der Waals surface area contributed by atoms with Crippen molar-refractivity contribution in [1.82, 2.24) is 14.5 Å². The lowest BCUT2D eigenvalue weighted by molar-refractivity contribution is 0.748. The van der Waals surface area contributed by atoms with E-state index in [9.17, 15) is 0 Å². The largest absolute Gasteiger partial charge is 0.309 e. The van der Waals surface area contributed by atoms with Crippen LogP contribution in [0, 0.1) is 0 Å². The molecule has 0 saturated carbocycles. The Morgan fingerprint density at radius 2 is 1.03 bits per heavy atom. The van der Waals surface area contributed by atoms with Gasteiger partial charge >= 0.3 is 0 Å². The van der Waals surface area contributed by atoms with Crippen LogP contribution in [0.2, 0.25) is 0 Å². The second-order valence-electron chi connectivity index (χ2n) is 16.8. The Morgan fingerprint density at radius 3 is 1.92 bits per heavy atom. The molecule has 0 saturated heterocycles. The smallest absolute Gasteiger partial charge is 0.160 e. The summed E-state index contributed by atoms with van der Waals surface area (Å²) in [6, 6.07) is 77.9. The van der Waals surface area contributed by atoms with E-state index in [1.165, 1.54) is 92.2 Å². The highest BCUT2D eigenvalue weighted by Gasteiger charge is 2.51. The van der Waals surface area contributed by atoms with Gasteiger partial charge in [-0.15, -0.1) is 11.3 Å². The number of thiophene rings is 1. The predicted molar refractivity (Wildman–Crippen MR) is 262 cm³/mol. The van der Waals surface area contributed by atoms with Gasteiger partial charge in [0.1, 0.15) is 0 Å². The second kappa shape index (κ2) is 13.0. The zero-order valence-corrected chi connectivity index (χ0v) is 34.8. The van der Waals surface area contributed by atoms with Crippen molar-refractivity contribution in [3.05, 3.63) is 235 Å². The standard InChI is InChI=1S/C59H35N3S/c1-3-15-36(16-4-1)50-35-51(61-58(60-50)37-17-5-2-6-18-37)43-22-14-24-48-56(43)45-34-38(39-30-32-55-44(33-39)41-20-8-12-28-54(41)63-55)29-31-46(45)59(48)47-23-9-11-27-53(47)62-52-26-10-7-19-40(52)42-21-13-25-49(59)57(42)62/h1-35H. The molecule has 1 atom stereocenters. The first-order valence-corrected chi connectivity index (χ1v) is 22.4. The minimum absolute atomic E-state index is 0.606. The third-order valence-corrected chi connectivity index (χ3v) is 14.8. The van der Waals surface area contributed by atoms with Crippen molar-refractivity contribution in [2.45, 2.75) is 5.41 Å². The average Bonchev–Trinajstić information content (AvgIpc) is 4.00. The van der Waals surface area contributed by atoms with Crippen LogP contribution >= 0.6 is 11.3 Å². The summed E-state index contributed by atoms with van der Waals surface area (Å²) in [6.07, 6.45) is 0. The molecule has 3 nitrogen and oxygen atoms in total. The lowest BCUT2D eigenvalue weighted by Gasteiger charge is -2.39. The summed E-state index contributed by atoms with van der Waals surface area (Å²) in [5, 5.41) is 5.14. The van der Waals surface area contributed by atoms with Crippen molar-refractivity contribution >= 4 is 53.3 Å². The van der Waals surface area contributed by atoms with E-state index in [0.29, 0.717) is 5.82 Å². The van der Waals surface area contributed by atoms with Gasteiger partial charge in [-0.2, -0.15) is 0 Å². The number of hydrogen-bond acceptors (Lipinski definition) is 3. The molecule has 12 aromatic rings. The average molecular weight is 818 g/mol. The Labute approximate surface area is 367 Å². The number of para-hydroxylation sites is 3. The molecule has 0 radical (unpaired) electrons. The van der Waals surface area contributed by atoms with Crippen LogP contribution in [0.4, 0.5) is 0 Å². The van der Waals surface area contributed by atoms with Crippen molar-refractivity contribution in [2.75, 3.05) is 0 Å². The van der Waals surface area contributed by atoms with E-state index in [4.69, 9.17) is 9.97 Å². The fourth-order valence-corrected chi connectivity index (χ4v) is 12.1. The number of nitrogens with zero attached hydrogens (tertiary/aromatic N) is 3. The Balaban J connectivity index is 1.10. The fraction of sp³-hybridized carbons (Fsp3) is 0.0169. The molecule has 0 N–H and O–H groups in total. The van der Waals surface area contributed by atoms with Gasteiger partial charge in [0.25, 0.3) is 0 Å². The van der Waals surface area contributed by atoms with Gasteiger partial charge in [0.2, 0.25) is 0 Å². The minimum atomic E-state index is -0.606. The van der Waals surface area contributed by atoms with E-state index in [1.807, 2.05) is 17.4 Å². The van der Waals surface area contributed by atoms with Gasteiger partial charge in [0.15, 0.2) is 5.82 Å². The van der Waals surface area contributed by atoms with Crippen LogP contribution < -0.4 is 0 Å². The summed E-state index contributed by atoms with van der Waals surface area (Å²) >= 11 is 1.86. The zero-order valence-electron chi connectivity index (χ0n) is 34.0. The van der Waals surface area contributed by atoms with Crippen LogP contribution in [0.25, 0.3) is 104 Å². The Bertz CT molecular complexity index is 3800. The molecule has 14 rings (SSSR count). The summed E-state index contributed by atoms with van der Waals surface area (Å²) in [7, 11) is 0. The molecule has 1 spiro atoms. The summed E-state index contributed by atoms with van der Waals surface area (Å²) in [5.41, 5.74) is 18.0. The second-order valence-corrected chi connectivity index (χ2v) is 17.9. The fourth-order valence-electron chi connectivity index (χ4n) is 11.0. The number of hydrogen-bond donors (Lipinski definition) is 0. The van der Waals surface area contributed by atoms with Gasteiger partial charge in [0.05, 0.1) is 33.5 Å². The van der Waals surface area contributed by atoms with Crippen molar-refractivity contribution in [3.63, 3.8) is 0 Å². The van der Waals surface area contributed by atoms with Gasteiger partial charge < -0.3 is 4.57 Å². The van der Waals surface area contributed by atoms with E-state index in [1.54, 1.807) is 0 Å². The van der Waals surface area contributed by atoms with E-state index >= 15 is 0 Å². The zero-order chi connectivity index (χ0) is 41.2. The molecule has 9 aromatic carbocycles. The topological polar surface area (TPSA) is 30.7 Å². The summed E-state index contributed by atoms with van der Waals surface area (Å²) in [5.74, 6) is 0.708. The van der Waals surface area contributed by atoms with E-state index in [2.05, 4.69) is 211 Å². The predicted octanol–water partition coefficient (Wildman–Crippen LogP) is 15.3. The number of rotatable bonds is 4. The molecule has 0 bridgehead atoms. The highest BCUT2D eigenvalue weighted by atomic mass is 32.1. The van der Waals surface area contributed by atoms with Crippen LogP contribution in [-0.4, -0.2) is 14.5 Å². The van der Waals surface area contributed by atoms with Crippen molar-refractivity contribution < 1.29 is 0 Å². The lowest BCUT2D eigenvalue weighted by Crippen LogP contribution is -2.33. The first-order chi connectivity index (χ1) is 31.2. The molecule has 1 aliphatic heterocycles. The Morgan fingerprint density at radius 1 is 0.381 bits per heavy atom. The summed E-state index contributed by atoms with van der Waals surface area (Å²) in [4.78, 5) is 10.7. The number of benzene rings is 9. The van der Waals surface area contributed by atoms with Gasteiger partial charge in [-0.3, -0.25) is 0 Å². The van der Waals surface area contributed by atoms with Gasteiger partial charge in [-0.1, -0.05) is 170 Å². The van der Waals surface area contributed by atoms with Gasteiger partial charge in [0, 0.05) is 47.6 Å². The van der Waals surface area contributed by atoms with E-state index in [-0.39, 0.29) is 0 Å². The van der Waals surface area contributed by atoms with Crippen LogP contribution in [0.1, 0.15) is 22.3 Å². The quantitative estimate of drug-likeness (QED) is 0.177. The molecule has 3 aromatic heterocycles. The van der Waals surface area contributed by atoms with E-state index in [0.717, 1.165) is 28.1 Å². The van der Waals surface area contributed by atoms with Crippen LogP contribution in [0.15, 0.2) is 212 Å². The third-order valence-electron chi connectivity index (χ3n) is 13.6. The van der Waals surface area contributed by atoms with E-state index < -0.39 is 5.41 Å². The normalized spacial score (nSPS) is 14.7. The lowest BCUT2D eigenvalue weighted by atomic mass is 9.65. The molecule has 2 aliphatic rings. The molecule has 4 heterocycles. The first-order valence-electron chi connectivity index (χ1n) is 21.6. The van der Waals surface area contributed by atoms with Crippen LogP contribution in [0.5, 0.6) is 0 Å².